The van der Waals surface area contributed by atoms with Crippen molar-refractivity contribution in [1.82, 2.24) is 24.3 Å². The highest BCUT2D eigenvalue weighted by atomic mass is 35.5. The lowest BCUT2D eigenvalue weighted by Crippen LogP contribution is -2.21. The van der Waals surface area contributed by atoms with Crippen LogP contribution in [0, 0.1) is 6.92 Å². The largest absolute Gasteiger partial charge is 0.493 e. The topological polar surface area (TPSA) is 81.6 Å². The van der Waals surface area contributed by atoms with E-state index >= 15 is 0 Å². The van der Waals surface area contributed by atoms with Crippen molar-refractivity contribution >= 4 is 40.2 Å². The number of imidazole rings is 1. The first-order valence-corrected chi connectivity index (χ1v) is 13.1. The first-order valence-electron chi connectivity index (χ1n) is 12.4. The van der Waals surface area contributed by atoms with Gasteiger partial charge in [-0.1, -0.05) is 42.8 Å². The molecule has 3 aromatic heterocycles. The Bertz CT molecular complexity index is 1440. The van der Waals surface area contributed by atoms with Crippen molar-refractivity contribution in [2.75, 3.05) is 25.4 Å². The molecule has 2 N–H and O–H groups in total. The first-order chi connectivity index (χ1) is 17.7. The summed E-state index contributed by atoms with van der Waals surface area (Å²) in [6.07, 6.45) is 5.29. The van der Waals surface area contributed by atoms with E-state index in [0.29, 0.717) is 33.9 Å². The third-order valence-electron chi connectivity index (χ3n) is 6.71. The van der Waals surface area contributed by atoms with Crippen LogP contribution in [0.4, 0.5) is 5.82 Å². The summed E-state index contributed by atoms with van der Waals surface area (Å²) < 4.78 is 8.14. The average molecular weight is 540 g/mol. The number of halogens is 2. The summed E-state index contributed by atoms with van der Waals surface area (Å²) in [6.45, 7) is 16.7. The third kappa shape index (κ3) is 4.86. The fourth-order valence-electron chi connectivity index (χ4n) is 4.68. The molecule has 1 atom stereocenters. The highest BCUT2D eigenvalue weighted by Gasteiger charge is 2.26. The van der Waals surface area contributed by atoms with Crippen LogP contribution in [0.25, 0.3) is 22.3 Å². The zero-order chi connectivity index (χ0) is 26.9. The van der Waals surface area contributed by atoms with Gasteiger partial charge in [0.05, 0.1) is 18.0 Å². The molecular formula is C28H32Cl2N6O. The molecule has 0 aliphatic rings. The van der Waals surface area contributed by atoms with E-state index in [1.54, 1.807) is 12.4 Å². The molecule has 0 saturated carbocycles. The summed E-state index contributed by atoms with van der Waals surface area (Å²) >= 11 is 13.3. The fourth-order valence-corrected chi connectivity index (χ4v) is 5.17. The molecule has 0 saturated heterocycles. The van der Waals surface area contributed by atoms with E-state index in [1.165, 1.54) is 0 Å². The van der Waals surface area contributed by atoms with Gasteiger partial charge in [-0.15, -0.1) is 0 Å². The summed E-state index contributed by atoms with van der Waals surface area (Å²) in [5.74, 6) is 1.56. The van der Waals surface area contributed by atoms with Crippen LogP contribution in [0.1, 0.15) is 56.3 Å². The lowest BCUT2D eigenvalue weighted by atomic mass is 9.91. The molecule has 0 aliphatic carbocycles. The quantitative estimate of drug-likeness (QED) is 0.251. The summed E-state index contributed by atoms with van der Waals surface area (Å²) in [7, 11) is 0. The number of nitrogens with zero attached hydrogens (tertiary/aromatic N) is 5. The molecule has 1 aromatic carbocycles. The first kappa shape index (κ1) is 26.8. The van der Waals surface area contributed by atoms with E-state index in [4.69, 9.17) is 38.7 Å². The van der Waals surface area contributed by atoms with Crippen LogP contribution in [0.2, 0.25) is 10.2 Å². The van der Waals surface area contributed by atoms with Crippen molar-refractivity contribution in [3.63, 3.8) is 0 Å². The number of anilines is 1. The van der Waals surface area contributed by atoms with Gasteiger partial charge in [0.2, 0.25) is 0 Å². The van der Waals surface area contributed by atoms with Gasteiger partial charge in [0.25, 0.3) is 0 Å². The van der Waals surface area contributed by atoms with Gasteiger partial charge in [-0.05, 0) is 45.4 Å². The molecule has 0 fully saturated rings. The lowest BCUT2D eigenvalue weighted by molar-refractivity contribution is 0.336. The molecule has 7 nitrogen and oxygen atoms in total. The Morgan fingerprint density at radius 2 is 1.92 bits per heavy atom. The van der Waals surface area contributed by atoms with Gasteiger partial charge < -0.3 is 15.4 Å². The molecule has 0 unspecified atom stereocenters. The molecule has 0 aliphatic heterocycles. The Hall–Kier alpha value is -3.29. The molecular weight excluding hydrogens is 507 g/mol. The predicted molar refractivity (Wildman–Crippen MR) is 152 cm³/mol. The lowest BCUT2D eigenvalue weighted by Gasteiger charge is -2.24. The van der Waals surface area contributed by atoms with Crippen LogP contribution in [-0.4, -0.2) is 43.9 Å². The second kappa shape index (κ2) is 11.0. The van der Waals surface area contributed by atoms with Crippen LogP contribution in [0.3, 0.4) is 0 Å². The van der Waals surface area contributed by atoms with Gasteiger partial charge in [-0.3, -0.25) is 9.38 Å². The summed E-state index contributed by atoms with van der Waals surface area (Å²) in [5, 5.41) is 0.933. The molecule has 194 valence electrons. The van der Waals surface area contributed by atoms with Crippen molar-refractivity contribution in [3.05, 3.63) is 76.2 Å². The number of aromatic nitrogens is 4. The maximum atomic E-state index is 6.80. The molecule has 37 heavy (non-hydrogen) atoms. The summed E-state index contributed by atoms with van der Waals surface area (Å²) in [5.41, 5.74) is 12.0. The van der Waals surface area contributed by atoms with Crippen LogP contribution in [0.5, 0.6) is 5.75 Å². The van der Waals surface area contributed by atoms with Gasteiger partial charge >= 0.3 is 0 Å². The van der Waals surface area contributed by atoms with E-state index in [0.717, 1.165) is 52.5 Å². The summed E-state index contributed by atoms with van der Waals surface area (Å²) in [6, 6.07) is 5.98. The number of pyridine rings is 1. The Labute approximate surface area is 227 Å². The molecule has 0 bridgehead atoms. The normalized spacial score (nSPS) is 12.1. The van der Waals surface area contributed by atoms with E-state index in [9.17, 15) is 0 Å². The zero-order valence-electron chi connectivity index (χ0n) is 21.8. The van der Waals surface area contributed by atoms with Crippen molar-refractivity contribution < 1.29 is 4.74 Å². The standard InChI is InChI=1S/C28H32Cl2N6O/c1-7-35(8-2)18(6)22-11-10-19(15-33-22)23-17(5)21(29)14-20(25(23)37-9-3)16(4)28-34-26(30)24-27(31)32-12-13-36(24)28/h10-16H,6-9H2,1-5H3,(H2,31,32)/t16-/m0/s1. The Morgan fingerprint density at radius 1 is 1.19 bits per heavy atom. The monoisotopic (exact) mass is 538 g/mol. The van der Waals surface area contributed by atoms with Crippen molar-refractivity contribution in [2.24, 2.45) is 0 Å². The van der Waals surface area contributed by atoms with E-state index < -0.39 is 0 Å². The average Bonchev–Trinajstić information content (AvgIpc) is 3.24. The third-order valence-corrected chi connectivity index (χ3v) is 7.36. The van der Waals surface area contributed by atoms with Gasteiger partial charge in [0.15, 0.2) is 11.0 Å². The van der Waals surface area contributed by atoms with Gasteiger partial charge in [-0.2, -0.15) is 0 Å². The van der Waals surface area contributed by atoms with Crippen LogP contribution in [0.15, 0.2) is 43.4 Å². The highest BCUT2D eigenvalue weighted by molar-refractivity contribution is 6.33. The number of benzene rings is 1. The number of hydrogen-bond donors (Lipinski definition) is 1. The molecule has 4 rings (SSSR count). The van der Waals surface area contributed by atoms with E-state index in [1.807, 2.05) is 49.6 Å². The molecule has 3 heterocycles. The van der Waals surface area contributed by atoms with E-state index in [-0.39, 0.29) is 5.92 Å². The SMILES string of the molecule is C=C(c1ccc(-c2c(C)c(Cl)cc([C@H](C)c3nc(Cl)c4c(N)nccn34)c2OCC)cn1)N(CC)CC. The maximum absolute atomic E-state index is 6.80. The Kier molecular flexibility index (Phi) is 7.95. The number of nitrogen functional groups attached to an aromatic ring is 1. The van der Waals surface area contributed by atoms with Gasteiger partial charge in [-0.25, -0.2) is 9.97 Å². The Balaban J connectivity index is 1.86. The second-order valence-electron chi connectivity index (χ2n) is 8.77. The zero-order valence-corrected chi connectivity index (χ0v) is 23.4. The Morgan fingerprint density at radius 3 is 2.54 bits per heavy atom. The molecule has 4 aromatic rings. The molecule has 0 amide bonds. The van der Waals surface area contributed by atoms with Crippen molar-refractivity contribution in [1.29, 1.82) is 0 Å². The number of hydrogen-bond acceptors (Lipinski definition) is 6. The minimum absolute atomic E-state index is 0.213. The summed E-state index contributed by atoms with van der Waals surface area (Å²) in [4.78, 5) is 15.7. The van der Waals surface area contributed by atoms with Crippen LogP contribution in [-0.2, 0) is 0 Å². The van der Waals surface area contributed by atoms with Gasteiger partial charge in [0.1, 0.15) is 17.1 Å². The minimum Gasteiger partial charge on any atom is -0.493 e. The van der Waals surface area contributed by atoms with Crippen LogP contribution >= 0.6 is 23.2 Å². The number of nitrogens with two attached hydrogens (primary N) is 1. The maximum Gasteiger partial charge on any atom is 0.158 e. The van der Waals surface area contributed by atoms with Crippen molar-refractivity contribution in [2.45, 2.75) is 40.5 Å². The smallest absolute Gasteiger partial charge is 0.158 e. The second-order valence-corrected chi connectivity index (χ2v) is 9.54. The molecule has 0 spiro atoms. The van der Waals surface area contributed by atoms with Crippen molar-refractivity contribution in [3.8, 4) is 16.9 Å². The molecule has 0 radical (unpaired) electrons. The fraction of sp³-hybridized carbons (Fsp3) is 0.321. The van der Waals surface area contributed by atoms with Gasteiger partial charge in [0, 0.05) is 59.3 Å². The van der Waals surface area contributed by atoms with Crippen LogP contribution < -0.4 is 10.5 Å². The predicted octanol–water partition coefficient (Wildman–Crippen LogP) is 6.85. The van der Waals surface area contributed by atoms with E-state index in [2.05, 4.69) is 35.3 Å². The minimum atomic E-state index is -0.213. The number of rotatable bonds is 9. The molecule has 9 heteroatoms. The highest BCUT2D eigenvalue weighted by Crippen LogP contribution is 2.44. The number of fused-ring (bicyclic) bond motifs is 1. The number of ether oxygens (including phenoxy) is 1.